The van der Waals surface area contributed by atoms with E-state index in [4.69, 9.17) is 9.52 Å². The molecule has 2 aromatic carbocycles. The Morgan fingerprint density at radius 1 is 1.00 bits per heavy atom. The van der Waals surface area contributed by atoms with Crippen LogP contribution in [0.5, 0.6) is 5.75 Å². The van der Waals surface area contributed by atoms with E-state index in [1.165, 1.54) is 12.1 Å². The normalized spacial score (nSPS) is 10.8. The third-order valence-electron chi connectivity index (χ3n) is 3.84. The van der Waals surface area contributed by atoms with E-state index in [0.29, 0.717) is 33.3 Å². The molecule has 0 fully saturated rings. The van der Waals surface area contributed by atoms with Gasteiger partial charge in [-0.2, -0.15) is 0 Å². The number of carbonyl (C=O) groups is 2. The first-order valence-electron chi connectivity index (χ1n) is 9.13. The summed E-state index contributed by atoms with van der Waals surface area (Å²) in [6, 6.07) is 12.7. The maximum absolute atomic E-state index is 12.6. The minimum absolute atomic E-state index is 0.0939. The topological polar surface area (TPSA) is 116 Å². The number of carbonyl (C=O) groups excluding carboxylic acids is 1. The summed E-state index contributed by atoms with van der Waals surface area (Å²) in [5.41, 5.74) is 1.95. The van der Waals surface area contributed by atoms with Gasteiger partial charge in [0.05, 0.1) is 5.69 Å². The Morgan fingerprint density at radius 3 is 2.41 bits per heavy atom. The molecule has 4 N–H and O–H groups in total. The average molecular weight is 394 g/mol. The quantitative estimate of drug-likeness (QED) is 0.337. The average Bonchev–Trinajstić information content (AvgIpc) is 3.23. The summed E-state index contributed by atoms with van der Waals surface area (Å²) in [4.78, 5) is 26.3. The molecule has 0 saturated heterocycles. The van der Waals surface area contributed by atoms with Gasteiger partial charge in [0, 0.05) is 22.0 Å². The lowest BCUT2D eigenvalue weighted by Gasteiger charge is -1.99. The Morgan fingerprint density at radius 2 is 1.72 bits per heavy atom. The number of ketones is 1. The molecule has 0 atom stereocenters. The molecular weight excluding hydrogens is 372 g/mol. The van der Waals surface area contributed by atoms with E-state index >= 15 is 0 Å². The number of hydrogen-bond donors (Lipinski definition) is 4. The van der Waals surface area contributed by atoms with Crippen LogP contribution in [0.15, 0.2) is 52.9 Å². The van der Waals surface area contributed by atoms with Crippen molar-refractivity contribution in [2.75, 3.05) is 5.32 Å². The highest BCUT2D eigenvalue weighted by molar-refractivity contribution is 6.10. The summed E-state index contributed by atoms with van der Waals surface area (Å²) in [6.07, 6.45) is -1.16. The maximum Gasteiger partial charge on any atom is 0.409 e. The van der Waals surface area contributed by atoms with Crippen molar-refractivity contribution in [2.45, 2.75) is 20.8 Å². The fourth-order valence-electron chi connectivity index (χ4n) is 2.73. The number of carboxylic acid groups (broad SMARTS) is 1. The number of benzene rings is 2. The van der Waals surface area contributed by atoms with Crippen LogP contribution in [-0.2, 0) is 0 Å². The molecule has 2 heterocycles. The van der Waals surface area contributed by atoms with Gasteiger partial charge in [-0.25, -0.2) is 4.79 Å². The van der Waals surface area contributed by atoms with E-state index in [9.17, 15) is 14.7 Å². The molecule has 150 valence electrons. The molecule has 1 amide bonds. The smallest absolute Gasteiger partial charge is 0.409 e. The highest BCUT2D eigenvalue weighted by Gasteiger charge is 2.17. The van der Waals surface area contributed by atoms with Crippen LogP contribution in [-0.4, -0.2) is 27.1 Å². The van der Waals surface area contributed by atoms with E-state index in [2.05, 4.69) is 31.1 Å². The first kappa shape index (κ1) is 20.0. The fraction of sp³-hybridized carbons (Fsp3) is 0.182. The van der Waals surface area contributed by atoms with Gasteiger partial charge in [-0.3, -0.25) is 10.1 Å². The number of aromatic hydroxyl groups is 1. The molecule has 2 aromatic heterocycles. The third kappa shape index (κ3) is 4.76. The van der Waals surface area contributed by atoms with Crippen molar-refractivity contribution in [3.8, 4) is 5.75 Å². The maximum atomic E-state index is 12.6. The number of amides is 1. The highest BCUT2D eigenvalue weighted by atomic mass is 16.4. The second kappa shape index (κ2) is 8.10. The summed E-state index contributed by atoms with van der Waals surface area (Å²) in [7, 11) is 0. The lowest BCUT2D eigenvalue weighted by atomic mass is 10.2. The van der Waals surface area contributed by atoms with E-state index < -0.39 is 6.09 Å². The Balaban J connectivity index is 0.000000552. The molecule has 7 nitrogen and oxygen atoms in total. The number of rotatable bonds is 3. The summed E-state index contributed by atoms with van der Waals surface area (Å²) in [6.45, 7) is 6.50. The van der Waals surface area contributed by atoms with E-state index in [0.717, 1.165) is 5.92 Å². The molecular formula is C22H22N2O5. The molecule has 29 heavy (non-hydrogen) atoms. The number of phenolic OH excluding ortho intramolecular Hbond substituents is 1. The van der Waals surface area contributed by atoms with Gasteiger partial charge in [0.1, 0.15) is 11.3 Å². The second-order valence-electron chi connectivity index (χ2n) is 7.31. The standard InChI is InChI=1S/C18H12N2O5.C4H10/c21-12-2-4-15-10(6-12)8-16(25-15)17(22)14-7-9-5-11(19-18(23)24)1-3-13(9)20-14;1-4(2)3/h1-8,19-21H,(H,23,24);4H,1-3H3. The van der Waals surface area contributed by atoms with Gasteiger partial charge < -0.3 is 19.6 Å². The number of H-pyrrole nitrogens is 1. The van der Waals surface area contributed by atoms with Gasteiger partial charge in [0.2, 0.25) is 5.78 Å². The number of phenols is 1. The molecule has 0 aliphatic rings. The van der Waals surface area contributed by atoms with Crippen LogP contribution in [0.4, 0.5) is 10.5 Å². The van der Waals surface area contributed by atoms with E-state index in [-0.39, 0.29) is 17.3 Å². The van der Waals surface area contributed by atoms with Gasteiger partial charge in [-0.05, 0) is 54.4 Å². The Labute approximate surface area is 167 Å². The number of fused-ring (bicyclic) bond motifs is 2. The molecule has 0 aliphatic heterocycles. The molecule has 0 unspecified atom stereocenters. The van der Waals surface area contributed by atoms with Crippen molar-refractivity contribution in [3.63, 3.8) is 0 Å². The van der Waals surface area contributed by atoms with Gasteiger partial charge in [0.15, 0.2) is 5.76 Å². The van der Waals surface area contributed by atoms with Crippen molar-refractivity contribution < 1.29 is 24.2 Å². The Kier molecular flexibility index (Phi) is 5.59. The SMILES string of the molecule is CC(C)C.O=C(O)Nc1ccc2[nH]c(C(=O)c3cc4cc(O)ccc4o3)cc2c1. The van der Waals surface area contributed by atoms with Gasteiger partial charge >= 0.3 is 6.09 Å². The number of hydrogen-bond acceptors (Lipinski definition) is 4. The molecule has 0 radical (unpaired) electrons. The molecule has 0 saturated carbocycles. The van der Waals surface area contributed by atoms with Crippen LogP contribution in [0.2, 0.25) is 0 Å². The summed E-state index contributed by atoms with van der Waals surface area (Å²) < 4.78 is 5.54. The van der Waals surface area contributed by atoms with Crippen LogP contribution >= 0.6 is 0 Å². The predicted molar refractivity (Wildman–Crippen MR) is 112 cm³/mol. The number of aromatic amines is 1. The molecule has 4 aromatic rings. The Bertz CT molecular complexity index is 1180. The fourth-order valence-corrected chi connectivity index (χ4v) is 2.73. The monoisotopic (exact) mass is 394 g/mol. The lowest BCUT2D eigenvalue weighted by Crippen LogP contribution is -2.06. The van der Waals surface area contributed by atoms with Crippen molar-refractivity contribution in [2.24, 2.45) is 5.92 Å². The van der Waals surface area contributed by atoms with Gasteiger partial charge in [-0.1, -0.05) is 20.8 Å². The van der Waals surface area contributed by atoms with Crippen molar-refractivity contribution >= 4 is 39.4 Å². The molecule has 7 heteroatoms. The largest absolute Gasteiger partial charge is 0.508 e. The van der Waals surface area contributed by atoms with Gasteiger partial charge in [-0.15, -0.1) is 0 Å². The minimum atomic E-state index is -1.16. The molecule has 0 aliphatic carbocycles. The number of aromatic nitrogens is 1. The molecule has 0 spiro atoms. The first-order valence-corrected chi connectivity index (χ1v) is 9.13. The molecule has 4 rings (SSSR count). The molecule has 0 bridgehead atoms. The van der Waals surface area contributed by atoms with E-state index in [1.807, 2.05) is 0 Å². The Hall–Kier alpha value is -3.74. The zero-order chi connectivity index (χ0) is 21.1. The number of anilines is 1. The van der Waals surface area contributed by atoms with Crippen LogP contribution in [0.3, 0.4) is 0 Å². The zero-order valence-electron chi connectivity index (χ0n) is 16.3. The first-order chi connectivity index (χ1) is 13.7. The van der Waals surface area contributed by atoms with E-state index in [1.54, 1.807) is 36.4 Å². The summed E-state index contributed by atoms with van der Waals surface area (Å²) in [5.74, 6) is 0.743. The van der Waals surface area contributed by atoms with Crippen LogP contribution in [0.25, 0.3) is 21.9 Å². The third-order valence-corrected chi connectivity index (χ3v) is 3.84. The number of furan rings is 1. The van der Waals surface area contributed by atoms with Crippen LogP contribution in [0, 0.1) is 5.92 Å². The van der Waals surface area contributed by atoms with Crippen molar-refractivity contribution in [1.82, 2.24) is 4.98 Å². The minimum Gasteiger partial charge on any atom is -0.508 e. The highest BCUT2D eigenvalue weighted by Crippen LogP contribution is 2.26. The second-order valence-corrected chi connectivity index (χ2v) is 7.31. The number of nitrogens with one attached hydrogen (secondary N) is 2. The lowest BCUT2D eigenvalue weighted by molar-refractivity contribution is 0.101. The predicted octanol–water partition coefficient (Wildman–Crippen LogP) is 5.60. The van der Waals surface area contributed by atoms with Crippen LogP contribution in [0.1, 0.15) is 37.0 Å². The zero-order valence-corrected chi connectivity index (χ0v) is 16.3. The van der Waals surface area contributed by atoms with Gasteiger partial charge in [0.25, 0.3) is 0 Å². The summed E-state index contributed by atoms with van der Waals surface area (Å²) in [5, 5.41) is 21.9. The van der Waals surface area contributed by atoms with Crippen molar-refractivity contribution in [1.29, 1.82) is 0 Å². The summed E-state index contributed by atoms with van der Waals surface area (Å²) >= 11 is 0. The van der Waals surface area contributed by atoms with Crippen LogP contribution < -0.4 is 5.32 Å². The van der Waals surface area contributed by atoms with Crippen molar-refractivity contribution in [3.05, 3.63) is 60.0 Å².